The van der Waals surface area contributed by atoms with E-state index >= 15 is 0 Å². The molecule has 0 fully saturated rings. The quantitative estimate of drug-likeness (QED) is 0.752. The predicted molar refractivity (Wildman–Crippen MR) is 70.3 cm³/mol. The van der Waals surface area contributed by atoms with Crippen molar-refractivity contribution in [2.45, 2.75) is 19.2 Å². The lowest BCUT2D eigenvalue weighted by atomic mass is 10.2. The Hall–Kier alpha value is -0.550. The highest BCUT2D eigenvalue weighted by atomic mass is 79.9. The van der Waals surface area contributed by atoms with Gasteiger partial charge in [-0.25, -0.2) is 0 Å². The van der Waals surface area contributed by atoms with Crippen LogP contribution in [0.3, 0.4) is 0 Å². The summed E-state index contributed by atoms with van der Waals surface area (Å²) in [5.74, 6) is 1.19. The molecule has 0 aliphatic carbocycles. The van der Waals surface area contributed by atoms with Gasteiger partial charge in [-0.2, -0.15) is 5.10 Å². The first-order valence-corrected chi connectivity index (χ1v) is 6.60. The first-order valence-electron chi connectivity index (χ1n) is 5.48. The summed E-state index contributed by atoms with van der Waals surface area (Å²) in [6, 6.07) is 0. The molecule has 16 heavy (non-hydrogen) atoms. The van der Waals surface area contributed by atoms with E-state index in [0.29, 0.717) is 0 Å². The Morgan fingerprint density at radius 3 is 2.69 bits per heavy atom. The van der Waals surface area contributed by atoms with Crippen molar-refractivity contribution in [2.75, 3.05) is 31.7 Å². The number of alkyl halides is 1. The van der Waals surface area contributed by atoms with Gasteiger partial charge in [0.25, 0.3) is 0 Å². The lowest BCUT2D eigenvalue weighted by Gasteiger charge is -2.23. The summed E-state index contributed by atoms with van der Waals surface area (Å²) in [7, 11) is 3.72. The molecule has 4 nitrogen and oxygen atoms in total. The fraction of sp³-hybridized carbons (Fsp3) is 0.727. The summed E-state index contributed by atoms with van der Waals surface area (Å²) in [6.45, 7) is 6.79. The van der Waals surface area contributed by atoms with Gasteiger partial charge in [0.05, 0.1) is 12.3 Å². The lowest BCUT2D eigenvalue weighted by molar-refractivity contribution is 0.205. The normalized spacial score (nSPS) is 10.8. The number of anilines is 1. The monoisotopic (exact) mass is 289 g/mol. The zero-order valence-electron chi connectivity index (χ0n) is 10.5. The maximum Gasteiger partial charge on any atom is 0.130 e. The molecule has 5 heteroatoms. The third kappa shape index (κ3) is 2.77. The van der Waals surface area contributed by atoms with Crippen LogP contribution in [0.4, 0.5) is 5.82 Å². The van der Waals surface area contributed by atoms with Crippen LogP contribution in [0.15, 0.2) is 0 Å². The van der Waals surface area contributed by atoms with Crippen LogP contribution in [-0.2, 0) is 17.1 Å². The van der Waals surface area contributed by atoms with Gasteiger partial charge in [0.15, 0.2) is 0 Å². The van der Waals surface area contributed by atoms with Crippen LogP contribution in [0.2, 0.25) is 0 Å². The van der Waals surface area contributed by atoms with Gasteiger partial charge in [-0.05, 0) is 13.8 Å². The molecule has 0 radical (unpaired) electrons. The highest BCUT2D eigenvalue weighted by Crippen LogP contribution is 2.25. The molecule has 0 N–H and O–H groups in total. The van der Waals surface area contributed by atoms with Crippen molar-refractivity contribution in [1.82, 2.24) is 9.78 Å². The molecule has 0 spiro atoms. The zero-order chi connectivity index (χ0) is 12.1. The summed E-state index contributed by atoms with van der Waals surface area (Å²) in [4.78, 5) is 2.29. The van der Waals surface area contributed by atoms with Crippen molar-refractivity contribution in [3.05, 3.63) is 11.3 Å². The minimum atomic E-state index is 0.736. The summed E-state index contributed by atoms with van der Waals surface area (Å²) >= 11 is 3.53. The Labute approximate surface area is 106 Å². The average Bonchev–Trinajstić information content (AvgIpc) is 2.55. The highest BCUT2D eigenvalue weighted by molar-refractivity contribution is 9.08. The Bertz CT molecular complexity index is 338. The largest absolute Gasteiger partial charge is 0.383 e. The molecule has 0 atom stereocenters. The van der Waals surface area contributed by atoms with Crippen LogP contribution in [0, 0.1) is 6.92 Å². The number of hydrogen-bond donors (Lipinski definition) is 0. The Kier molecular flexibility index (Phi) is 5.28. The molecule has 0 unspecified atom stereocenters. The Morgan fingerprint density at radius 1 is 1.50 bits per heavy atom. The van der Waals surface area contributed by atoms with Crippen molar-refractivity contribution < 1.29 is 4.74 Å². The Morgan fingerprint density at radius 2 is 2.19 bits per heavy atom. The minimum Gasteiger partial charge on any atom is -0.383 e. The van der Waals surface area contributed by atoms with Gasteiger partial charge < -0.3 is 9.64 Å². The van der Waals surface area contributed by atoms with E-state index in [0.717, 1.165) is 30.7 Å². The second-order valence-electron chi connectivity index (χ2n) is 3.72. The van der Waals surface area contributed by atoms with Crippen LogP contribution < -0.4 is 4.90 Å². The maximum absolute atomic E-state index is 5.13. The summed E-state index contributed by atoms with van der Waals surface area (Å²) in [5, 5.41) is 5.30. The van der Waals surface area contributed by atoms with Crippen LogP contribution in [0.25, 0.3) is 0 Å². The second-order valence-corrected chi connectivity index (χ2v) is 4.28. The van der Waals surface area contributed by atoms with Gasteiger partial charge in [0.2, 0.25) is 0 Å². The number of hydrogen-bond acceptors (Lipinski definition) is 3. The minimum absolute atomic E-state index is 0.736. The van der Waals surface area contributed by atoms with Crippen molar-refractivity contribution >= 4 is 21.7 Å². The van der Waals surface area contributed by atoms with Gasteiger partial charge in [0.1, 0.15) is 5.82 Å². The first-order chi connectivity index (χ1) is 7.65. The molecule has 92 valence electrons. The molecule has 0 saturated heterocycles. The molecule has 0 saturated carbocycles. The average molecular weight is 290 g/mol. The number of nitrogens with zero attached hydrogens (tertiary/aromatic N) is 3. The third-order valence-electron chi connectivity index (χ3n) is 2.69. The number of halogens is 1. The number of rotatable bonds is 6. The second kappa shape index (κ2) is 6.25. The van der Waals surface area contributed by atoms with Gasteiger partial charge in [-0.3, -0.25) is 4.68 Å². The van der Waals surface area contributed by atoms with Gasteiger partial charge in [-0.1, -0.05) is 15.9 Å². The number of aryl methyl sites for hydroxylation is 2. The summed E-state index contributed by atoms with van der Waals surface area (Å²) < 4.78 is 7.08. The van der Waals surface area contributed by atoms with Crippen molar-refractivity contribution in [1.29, 1.82) is 0 Å². The predicted octanol–water partition coefficient (Wildman–Crippen LogP) is 2.10. The van der Waals surface area contributed by atoms with Crippen LogP contribution >= 0.6 is 15.9 Å². The van der Waals surface area contributed by atoms with E-state index in [2.05, 4.69) is 32.9 Å². The van der Waals surface area contributed by atoms with Gasteiger partial charge in [0, 0.05) is 38.1 Å². The molecule has 1 aromatic rings. The van der Waals surface area contributed by atoms with Crippen molar-refractivity contribution in [3.8, 4) is 0 Å². The first kappa shape index (κ1) is 13.5. The van der Waals surface area contributed by atoms with E-state index in [4.69, 9.17) is 4.74 Å². The van der Waals surface area contributed by atoms with E-state index in [1.54, 1.807) is 7.11 Å². The molecule has 1 rings (SSSR count). The smallest absolute Gasteiger partial charge is 0.130 e. The molecule has 1 aromatic heterocycles. The third-order valence-corrected chi connectivity index (χ3v) is 3.25. The van der Waals surface area contributed by atoms with Crippen LogP contribution in [0.5, 0.6) is 0 Å². The van der Waals surface area contributed by atoms with Crippen molar-refractivity contribution in [3.63, 3.8) is 0 Å². The standard InChI is InChI=1S/C11H20BrN3O/c1-5-15(6-7-16-4)11-10(8-12)9(2)13-14(11)3/h5-8H2,1-4H3. The highest BCUT2D eigenvalue weighted by Gasteiger charge is 2.17. The molecule has 0 bridgehead atoms. The fourth-order valence-electron chi connectivity index (χ4n) is 1.86. The summed E-state index contributed by atoms with van der Waals surface area (Å²) in [5.41, 5.74) is 2.35. The molecule has 0 aliphatic rings. The SMILES string of the molecule is CCN(CCOC)c1c(CBr)c(C)nn1C. The fourth-order valence-corrected chi connectivity index (χ4v) is 2.51. The van der Waals surface area contributed by atoms with Crippen LogP contribution in [0.1, 0.15) is 18.2 Å². The van der Waals surface area contributed by atoms with E-state index in [1.165, 1.54) is 11.4 Å². The molecule has 0 aliphatic heterocycles. The van der Waals surface area contributed by atoms with E-state index in [1.807, 2.05) is 18.7 Å². The molecule has 0 aromatic carbocycles. The number of methoxy groups -OCH3 is 1. The lowest BCUT2D eigenvalue weighted by Crippen LogP contribution is -2.29. The molecular formula is C11H20BrN3O. The van der Waals surface area contributed by atoms with Gasteiger partial charge >= 0.3 is 0 Å². The number of ether oxygens (including phenoxy) is 1. The maximum atomic E-state index is 5.13. The van der Waals surface area contributed by atoms with E-state index in [9.17, 15) is 0 Å². The zero-order valence-corrected chi connectivity index (χ0v) is 12.0. The van der Waals surface area contributed by atoms with Crippen LogP contribution in [-0.4, -0.2) is 36.6 Å². The molecule has 1 heterocycles. The number of likely N-dealkylation sites (N-methyl/N-ethyl adjacent to an activating group) is 1. The Balaban J connectivity index is 2.98. The van der Waals surface area contributed by atoms with E-state index < -0.39 is 0 Å². The topological polar surface area (TPSA) is 30.3 Å². The molecule has 0 amide bonds. The van der Waals surface area contributed by atoms with E-state index in [-0.39, 0.29) is 0 Å². The summed E-state index contributed by atoms with van der Waals surface area (Å²) in [6.07, 6.45) is 0. The van der Waals surface area contributed by atoms with Crippen molar-refractivity contribution in [2.24, 2.45) is 7.05 Å². The van der Waals surface area contributed by atoms with Gasteiger partial charge in [-0.15, -0.1) is 0 Å². The number of aromatic nitrogens is 2. The molecular weight excluding hydrogens is 270 g/mol.